The maximum Gasteiger partial charge on any atom is 0.319 e. The fourth-order valence-electron chi connectivity index (χ4n) is 11.7. The molecule has 0 radical (unpaired) electrons. The number of nitrogens with zero attached hydrogens (tertiary/aromatic N) is 3. The standard InChI is InChI=1S/C63H109N3O13/c1-47-11-19-51(20-12-47)27-31-55(67)74-41-62(5,42-75-56(68)32-28-52-21-13-48(2)14-22-52)45-78-59(71)35-39-66(61(73)65(9)38-10-37-64(7)8)40-36-60(72)79-46-63(6,43-76-57(69)33-29-53-23-15-49(3)16-24-53)44-77-58(70)34-30-54-25-17-50(4)18-26-54/h47-54H,10-46H2,1-9H3. The summed E-state index contributed by atoms with van der Waals surface area (Å²) >= 11 is 0. The second-order valence-corrected chi connectivity index (χ2v) is 26.6. The molecule has 4 aliphatic rings. The van der Waals surface area contributed by atoms with Crippen molar-refractivity contribution in [3.05, 3.63) is 0 Å². The second kappa shape index (κ2) is 35.8. The van der Waals surface area contributed by atoms with Crippen molar-refractivity contribution in [3.8, 4) is 0 Å². The van der Waals surface area contributed by atoms with E-state index in [9.17, 15) is 33.6 Å². The topological polar surface area (TPSA) is 185 Å². The molecule has 4 saturated carbocycles. The number of urea groups is 1. The van der Waals surface area contributed by atoms with E-state index in [2.05, 4.69) is 27.7 Å². The minimum absolute atomic E-state index is 0.0626. The van der Waals surface area contributed by atoms with Crippen LogP contribution in [0.15, 0.2) is 0 Å². The number of hydrogen-bond donors (Lipinski definition) is 0. The zero-order chi connectivity index (χ0) is 57.8. The fraction of sp³-hybridized carbons (Fsp3) is 0.889. The van der Waals surface area contributed by atoms with Gasteiger partial charge < -0.3 is 43.1 Å². The largest absolute Gasteiger partial charge is 0.465 e. The van der Waals surface area contributed by atoms with Crippen LogP contribution in [0.5, 0.6) is 0 Å². The normalized spacial score (nSPS) is 24.9. The van der Waals surface area contributed by atoms with Crippen molar-refractivity contribution in [2.24, 2.45) is 58.2 Å². The Bertz CT molecular complexity index is 1630. The molecule has 0 saturated heterocycles. The SMILES string of the molecule is CC1CCC(CCC(=O)OCC(C)(COC(=O)CCC2CCC(C)CC2)COC(=O)CCN(CCC(=O)OCC(C)(COC(=O)CCC2CCC(C)CC2)COC(=O)CCC2CCC(C)CC2)C(=O)N(C)CCCN(C)C)CC1. The van der Waals surface area contributed by atoms with E-state index < -0.39 is 22.8 Å². The number of rotatable bonds is 34. The average Bonchev–Trinajstić information content (AvgIpc) is 3.43. The Balaban J connectivity index is 1.35. The van der Waals surface area contributed by atoms with E-state index in [0.717, 1.165) is 83.6 Å². The maximum atomic E-state index is 14.0. The lowest BCUT2D eigenvalue weighted by atomic mass is 9.81. The highest BCUT2D eigenvalue weighted by atomic mass is 16.6. The molecule has 0 aliphatic heterocycles. The highest BCUT2D eigenvalue weighted by Gasteiger charge is 2.34. The highest BCUT2D eigenvalue weighted by molar-refractivity contribution is 5.77. The van der Waals surface area contributed by atoms with Crippen LogP contribution in [0.25, 0.3) is 0 Å². The van der Waals surface area contributed by atoms with Gasteiger partial charge in [-0.2, -0.15) is 0 Å². The molecule has 4 aliphatic carbocycles. The average molecular weight is 1120 g/mol. The first kappa shape index (κ1) is 67.6. The monoisotopic (exact) mass is 1120 g/mol. The van der Waals surface area contributed by atoms with E-state index in [4.69, 9.17) is 28.4 Å². The molecule has 454 valence electrons. The Morgan fingerprint density at radius 1 is 0.354 bits per heavy atom. The molecule has 0 aromatic heterocycles. The van der Waals surface area contributed by atoms with Crippen molar-refractivity contribution < 1.29 is 62.0 Å². The quantitative estimate of drug-likeness (QED) is 0.0438. The molecule has 4 rings (SSSR count). The van der Waals surface area contributed by atoms with E-state index >= 15 is 0 Å². The number of carbonyl (C=O) groups is 7. The van der Waals surface area contributed by atoms with Crippen LogP contribution in [0.4, 0.5) is 4.79 Å². The first-order valence-corrected chi connectivity index (χ1v) is 31.2. The lowest BCUT2D eigenvalue weighted by Gasteiger charge is -2.30. The van der Waals surface area contributed by atoms with Crippen LogP contribution in [-0.4, -0.2) is 144 Å². The van der Waals surface area contributed by atoms with Gasteiger partial charge in [0.25, 0.3) is 0 Å². The van der Waals surface area contributed by atoms with Gasteiger partial charge in [-0.05, 0) is 114 Å². The van der Waals surface area contributed by atoms with Crippen molar-refractivity contribution in [3.63, 3.8) is 0 Å². The second-order valence-electron chi connectivity index (χ2n) is 26.6. The zero-order valence-electron chi connectivity index (χ0n) is 50.9. The molecule has 0 N–H and O–H groups in total. The summed E-state index contributed by atoms with van der Waals surface area (Å²) in [4.78, 5) is 98.5. The van der Waals surface area contributed by atoms with E-state index in [0.29, 0.717) is 86.0 Å². The third-order valence-corrected chi connectivity index (χ3v) is 17.9. The van der Waals surface area contributed by atoms with Gasteiger partial charge in [0, 0.05) is 52.4 Å². The molecule has 0 unspecified atom stereocenters. The summed E-state index contributed by atoms with van der Waals surface area (Å²) in [7, 11) is 5.59. The number of esters is 6. The van der Waals surface area contributed by atoms with Crippen molar-refractivity contribution in [2.45, 2.75) is 215 Å². The Hall–Kier alpha value is -3.95. The lowest BCUT2D eigenvalue weighted by Crippen LogP contribution is -2.44. The Morgan fingerprint density at radius 3 is 0.835 bits per heavy atom. The maximum absolute atomic E-state index is 14.0. The van der Waals surface area contributed by atoms with Crippen LogP contribution in [-0.2, 0) is 57.2 Å². The molecular weight excluding hydrogens is 1010 g/mol. The third-order valence-electron chi connectivity index (χ3n) is 17.9. The van der Waals surface area contributed by atoms with E-state index in [1.807, 2.05) is 19.0 Å². The summed E-state index contributed by atoms with van der Waals surface area (Å²) in [5.41, 5.74) is -2.05. The predicted molar refractivity (Wildman–Crippen MR) is 305 cm³/mol. The molecule has 79 heavy (non-hydrogen) atoms. The summed E-state index contributed by atoms with van der Waals surface area (Å²) in [6.07, 6.45) is 22.7. The molecule has 0 bridgehead atoms. The number of amides is 2. The Kier molecular flexibility index (Phi) is 30.6. The van der Waals surface area contributed by atoms with Crippen LogP contribution >= 0.6 is 0 Å². The predicted octanol–water partition coefficient (Wildman–Crippen LogP) is 11.8. The number of hydrogen-bond acceptors (Lipinski definition) is 14. The van der Waals surface area contributed by atoms with E-state index in [-0.39, 0.29) is 95.5 Å². The van der Waals surface area contributed by atoms with Crippen LogP contribution in [0.2, 0.25) is 0 Å². The first-order chi connectivity index (χ1) is 37.6. The van der Waals surface area contributed by atoms with Crippen molar-refractivity contribution in [1.29, 1.82) is 0 Å². The summed E-state index contributed by atoms with van der Waals surface area (Å²) < 4.78 is 34.8. The van der Waals surface area contributed by atoms with Crippen molar-refractivity contribution >= 4 is 41.8 Å². The lowest BCUT2D eigenvalue weighted by molar-refractivity contribution is -0.163. The van der Waals surface area contributed by atoms with E-state index in [1.165, 1.54) is 56.3 Å². The van der Waals surface area contributed by atoms with E-state index in [1.54, 1.807) is 25.8 Å². The van der Waals surface area contributed by atoms with Gasteiger partial charge >= 0.3 is 41.8 Å². The zero-order valence-corrected chi connectivity index (χ0v) is 50.9. The molecule has 0 aromatic rings. The minimum Gasteiger partial charge on any atom is -0.465 e. The molecular formula is C63H109N3O13. The van der Waals surface area contributed by atoms with Crippen LogP contribution in [0.1, 0.15) is 215 Å². The van der Waals surface area contributed by atoms with Crippen LogP contribution in [0, 0.1) is 58.2 Å². The molecule has 0 aromatic carbocycles. The van der Waals surface area contributed by atoms with Gasteiger partial charge in [-0.1, -0.05) is 130 Å². The third kappa shape index (κ3) is 28.5. The Labute approximate surface area is 476 Å². The molecule has 16 nitrogen and oxygen atoms in total. The number of carbonyl (C=O) groups excluding carboxylic acids is 7. The number of ether oxygens (including phenoxy) is 6. The van der Waals surface area contributed by atoms with Gasteiger partial charge in [0.1, 0.15) is 39.6 Å². The summed E-state index contributed by atoms with van der Waals surface area (Å²) in [6.45, 7) is 12.9. The van der Waals surface area contributed by atoms with Crippen LogP contribution < -0.4 is 0 Å². The van der Waals surface area contributed by atoms with Gasteiger partial charge in [-0.25, -0.2) is 4.79 Å². The molecule has 0 atom stereocenters. The van der Waals surface area contributed by atoms with Crippen molar-refractivity contribution in [2.75, 3.05) is 87.0 Å². The van der Waals surface area contributed by atoms with Crippen LogP contribution in [0.3, 0.4) is 0 Å². The van der Waals surface area contributed by atoms with Gasteiger partial charge in [0.15, 0.2) is 0 Å². The molecule has 4 fully saturated rings. The molecule has 16 heteroatoms. The first-order valence-electron chi connectivity index (χ1n) is 31.2. The van der Waals surface area contributed by atoms with Gasteiger partial charge in [0.05, 0.1) is 23.7 Å². The highest BCUT2D eigenvalue weighted by Crippen LogP contribution is 2.35. The molecule has 0 heterocycles. The Morgan fingerprint density at radius 2 is 0.595 bits per heavy atom. The molecule has 0 spiro atoms. The summed E-state index contributed by atoms with van der Waals surface area (Å²) in [5.74, 6) is 2.27. The minimum atomic E-state index is -1.03. The summed E-state index contributed by atoms with van der Waals surface area (Å²) in [5, 5.41) is 0. The van der Waals surface area contributed by atoms with Crippen molar-refractivity contribution in [1.82, 2.24) is 14.7 Å². The summed E-state index contributed by atoms with van der Waals surface area (Å²) in [6, 6.07) is -0.373. The molecule has 2 amide bonds. The van der Waals surface area contributed by atoms with Gasteiger partial charge in [-0.15, -0.1) is 0 Å². The fourth-order valence-corrected chi connectivity index (χ4v) is 11.7. The smallest absolute Gasteiger partial charge is 0.319 e. The van der Waals surface area contributed by atoms with Gasteiger partial charge in [-0.3, -0.25) is 28.8 Å². The van der Waals surface area contributed by atoms with Gasteiger partial charge in [0.2, 0.25) is 0 Å².